The number of fused-ring (bicyclic) bond motifs is 2. The fourth-order valence-corrected chi connectivity index (χ4v) is 2.85. The molecule has 0 aliphatic rings. The number of pyridine rings is 1. The van der Waals surface area contributed by atoms with Crippen LogP contribution in [0.5, 0.6) is 11.6 Å². The Labute approximate surface area is 133 Å². The standard InChI is InChI=1S/C19H16N2O2/c1-12-3-4-13-5-7-15(9-18(13)20-12)21-11-14-6-8-16(23-2)10-17(14)19(21)22/h3-11,22H,1-2H3. The molecule has 0 spiro atoms. The lowest BCUT2D eigenvalue weighted by Crippen LogP contribution is -1.92. The largest absolute Gasteiger partial charge is 0.497 e. The van der Waals surface area contributed by atoms with Crippen LogP contribution in [0, 0.1) is 6.92 Å². The van der Waals surface area contributed by atoms with E-state index in [1.165, 1.54) is 0 Å². The Hall–Kier alpha value is -3.01. The summed E-state index contributed by atoms with van der Waals surface area (Å²) in [5.74, 6) is 0.923. The van der Waals surface area contributed by atoms with Gasteiger partial charge in [-0.1, -0.05) is 12.1 Å². The van der Waals surface area contributed by atoms with E-state index in [4.69, 9.17) is 4.74 Å². The van der Waals surface area contributed by atoms with Crippen LogP contribution in [0.2, 0.25) is 0 Å². The number of benzene rings is 2. The van der Waals surface area contributed by atoms with E-state index in [1.54, 1.807) is 11.7 Å². The number of nitrogens with zero attached hydrogens (tertiary/aromatic N) is 2. The molecular weight excluding hydrogens is 288 g/mol. The van der Waals surface area contributed by atoms with Crippen LogP contribution in [0.25, 0.3) is 27.4 Å². The van der Waals surface area contributed by atoms with Crippen molar-refractivity contribution >= 4 is 21.7 Å². The van der Waals surface area contributed by atoms with Gasteiger partial charge >= 0.3 is 0 Å². The molecule has 2 aromatic heterocycles. The van der Waals surface area contributed by atoms with Gasteiger partial charge in [-0.15, -0.1) is 0 Å². The molecule has 2 heterocycles. The number of hydrogen-bond donors (Lipinski definition) is 1. The first-order chi connectivity index (χ1) is 11.2. The molecule has 4 heteroatoms. The maximum atomic E-state index is 10.6. The van der Waals surface area contributed by atoms with Crippen molar-refractivity contribution in [3.63, 3.8) is 0 Å². The van der Waals surface area contributed by atoms with E-state index in [0.717, 1.165) is 38.8 Å². The number of methoxy groups -OCH3 is 1. The maximum absolute atomic E-state index is 10.6. The summed E-state index contributed by atoms with van der Waals surface area (Å²) in [6, 6.07) is 15.7. The summed E-state index contributed by atoms with van der Waals surface area (Å²) in [5.41, 5.74) is 2.77. The minimum Gasteiger partial charge on any atom is -0.497 e. The minimum absolute atomic E-state index is 0.200. The number of aromatic hydroxyl groups is 1. The third kappa shape index (κ3) is 2.19. The lowest BCUT2D eigenvalue weighted by molar-refractivity contribution is 0.414. The van der Waals surface area contributed by atoms with Crippen LogP contribution in [0.4, 0.5) is 0 Å². The lowest BCUT2D eigenvalue weighted by Gasteiger charge is -2.07. The van der Waals surface area contributed by atoms with Gasteiger partial charge < -0.3 is 9.84 Å². The van der Waals surface area contributed by atoms with Crippen molar-refractivity contribution < 1.29 is 9.84 Å². The summed E-state index contributed by atoms with van der Waals surface area (Å²) in [6.45, 7) is 1.97. The van der Waals surface area contributed by atoms with E-state index in [-0.39, 0.29) is 5.88 Å². The Bertz CT molecular complexity index is 1030. The molecule has 0 amide bonds. The van der Waals surface area contributed by atoms with E-state index in [9.17, 15) is 5.11 Å². The van der Waals surface area contributed by atoms with Crippen molar-refractivity contribution in [3.8, 4) is 17.3 Å². The van der Waals surface area contributed by atoms with Gasteiger partial charge in [0.1, 0.15) is 5.75 Å². The highest BCUT2D eigenvalue weighted by Crippen LogP contribution is 2.33. The molecule has 0 aliphatic carbocycles. The van der Waals surface area contributed by atoms with E-state index < -0.39 is 0 Å². The van der Waals surface area contributed by atoms with Crippen molar-refractivity contribution in [2.75, 3.05) is 7.11 Å². The lowest BCUT2D eigenvalue weighted by atomic mass is 10.2. The molecule has 0 saturated heterocycles. The predicted molar refractivity (Wildman–Crippen MR) is 91.5 cm³/mol. The number of aromatic nitrogens is 2. The van der Waals surface area contributed by atoms with Crippen molar-refractivity contribution in [3.05, 3.63) is 60.4 Å². The normalized spacial score (nSPS) is 11.2. The molecule has 0 saturated carbocycles. The highest BCUT2D eigenvalue weighted by molar-refractivity contribution is 5.90. The van der Waals surface area contributed by atoms with E-state index in [2.05, 4.69) is 11.1 Å². The zero-order chi connectivity index (χ0) is 16.0. The monoisotopic (exact) mass is 304 g/mol. The number of aryl methyl sites for hydroxylation is 1. The molecule has 4 rings (SSSR count). The Kier molecular flexibility index (Phi) is 2.98. The second-order valence-electron chi connectivity index (χ2n) is 5.61. The Balaban J connectivity index is 1.92. The molecule has 0 radical (unpaired) electrons. The average Bonchev–Trinajstić information content (AvgIpc) is 2.90. The van der Waals surface area contributed by atoms with Gasteiger partial charge in [0.2, 0.25) is 5.88 Å². The third-order valence-corrected chi connectivity index (χ3v) is 4.09. The quantitative estimate of drug-likeness (QED) is 0.603. The van der Waals surface area contributed by atoms with Gasteiger partial charge in [0.05, 0.1) is 18.3 Å². The van der Waals surface area contributed by atoms with Crippen molar-refractivity contribution in [1.82, 2.24) is 9.55 Å². The van der Waals surface area contributed by atoms with Gasteiger partial charge in [-0.05, 0) is 43.3 Å². The van der Waals surface area contributed by atoms with Gasteiger partial charge in [-0.25, -0.2) is 0 Å². The smallest absolute Gasteiger partial charge is 0.203 e. The first-order valence-corrected chi connectivity index (χ1v) is 7.41. The number of hydrogen-bond acceptors (Lipinski definition) is 3. The predicted octanol–water partition coefficient (Wildman–Crippen LogP) is 4.20. The van der Waals surface area contributed by atoms with Gasteiger partial charge in [0.15, 0.2) is 0 Å². The van der Waals surface area contributed by atoms with Crippen LogP contribution in [0.1, 0.15) is 5.69 Å². The summed E-state index contributed by atoms with van der Waals surface area (Å²) in [6.07, 6.45) is 1.92. The van der Waals surface area contributed by atoms with Crippen LogP contribution < -0.4 is 4.74 Å². The molecule has 0 atom stereocenters. The second kappa shape index (κ2) is 5.02. The Morgan fingerprint density at radius 3 is 2.61 bits per heavy atom. The van der Waals surface area contributed by atoms with E-state index in [0.29, 0.717) is 0 Å². The summed E-state index contributed by atoms with van der Waals surface area (Å²) in [5, 5.41) is 13.4. The van der Waals surface area contributed by atoms with Gasteiger partial charge in [0.25, 0.3) is 0 Å². The van der Waals surface area contributed by atoms with Crippen LogP contribution in [0.15, 0.2) is 54.7 Å². The molecular formula is C19H16N2O2. The fourth-order valence-electron chi connectivity index (χ4n) is 2.85. The van der Waals surface area contributed by atoms with Crippen molar-refractivity contribution in [2.24, 2.45) is 0 Å². The Morgan fingerprint density at radius 1 is 1.00 bits per heavy atom. The molecule has 0 bridgehead atoms. The summed E-state index contributed by atoms with van der Waals surface area (Å²) >= 11 is 0. The van der Waals surface area contributed by atoms with Crippen molar-refractivity contribution in [2.45, 2.75) is 6.92 Å². The SMILES string of the molecule is COc1ccc2cn(-c3ccc4ccc(C)nc4c3)c(O)c2c1. The summed E-state index contributed by atoms with van der Waals surface area (Å²) in [4.78, 5) is 4.56. The molecule has 0 fully saturated rings. The molecule has 0 unspecified atom stereocenters. The first kappa shape index (κ1) is 13.6. The van der Waals surface area contributed by atoms with Gasteiger partial charge in [0, 0.05) is 28.0 Å². The number of rotatable bonds is 2. The summed E-state index contributed by atoms with van der Waals surface area (Å²) < 4.78 is 7.00. The van der Waals surface area contributed by atoms with Crippen LogP contribution in [0.3, 0.4) is 0 Å². The van der Waals surface area contributed by atoms with Crippen LogP contribution >= 0.6 is 0 Å². The fraction of sp³-hybridized carbons (Fsp3) is 0.105. The van der Waals surface area contributed by atoms with Crippen LogP contribution in [-0.4, -0.2) is 21.8 Å². The Morgan fingerprint density at radius 2 is 1.78 bits per heavy atom. The topological polar surface area (TPSA) is 47.3 Å². The van der Waals surface area contributed by atoms with Gasteiger partial charge in [-0.2, -0.15) is 0 Å². The minimum atomic E-state index is 0.200. The maximum Gasteiger partial charge on any atom is 0.203 e. The molecule has 1 N–H and O–H groups in total. The molecule has 4 nitrogen and oxygen atoms in total. The van der Waals surface area contributed by atoms with Crippen LogP contribution in [-0.2, 0) is 0 Å². The van der Waals surface area contributed by atoms with E-state index in [1.807, 2.05) is 55.6 Å². The number of ether oxygens (including phenoxy) is 1. The second-order valence-corrected chi connectivity index (χ2v) is 5.61. The first-order valence-electron chi connectivity index (χ1n) is 7.41. The zero-order valence-electron chi connectivity index (χ0n) is 12.9. The van der Waals surface area contributed by atoms with Crippen molar-refractivity contribution in [1.29, 1.82) is 0 Å². The van der Waals surface area contributed by atoms with E-state index >= 15 is 0 Å². The molecule has 0 aliphatic heterocycles. The summed E-state index contributed by atoms with van der Waals surface area (Å²) in [7, 11) is 1.62. The molecule has 2 aromatic carbocycles. The highest BCUT2D eigenvalue weighted by atomic mass is 16.5. The average molecular weight is 304 g/mol. The molecule has 4 aromatic rings. The highest BCUT2D eigenvalue weighted by Gasteiger charge is 2.11. The molecule has 23 heavy (non-hydrogen) atoms. The van der Waals surface area contributed by atoms with Gasteiger partial charge in [-0.3, -0.25) is 9.55 Å². The third-order valence-electron chi connectivity index (χ3n) is 4.09. The zero-order valence-corrected chi connectivity index (χ0v) is 12.9. The molecule has 114 valence electrons.